The van der Waals surface area contributed by atoms with E-state index in [0.717, 1.165) is 11.0 Å². The standard InChI is InChI=1S/C9H16BrNO/c1-6(2)9(7(3)4)5-8(10)11-12-9/h6-7H,5H2,1-4H3. The van der Waals surface area contributed by atoms with E-state index >= 15 is 0 Å². The van der Waals surface area contributed by atoms with Crippen LogP contribution in [0.4, 0.5) is 0 Å². The Morgan fingerprint density at radius 3 is 2.00 bits per heavy atom. The van der Waals surface area contributed by atoms with Crippen LogP contribution in [0.5, 0.6) is 0 Å². The van der Waals surface area contributed by atoms with Crippen molar-refractivity contribution in [1.82, 2.24) is 0 Å². The molecule has 0 spiro atoms. The van der Waals surface area contributed by atoms with Crippen molar-refractivity contribution in [3.63, 3.8) is 0 Å². The van der Waals surface area contributed by atoms with Gasteiger partial charge in [0.1, 0.15) is 10.2 Å². The summed E-state index contributed by atoms with van der Waals surface area (Å²) in [4.78, 5) is 5.52. The minimum absolute atomic E-state index is 0.0845. The summed E-state index contributed by atoms with van der Waals surface area (Å²) < 4.78 is 0.935. The predicted octanol–water partition coefficient (Wildman–Crippen LogP) is 3.17. The molecule has 0 aromatic rings. The van der Waals surface area contributed by atoms with E-state index in [9.17, 15) is 0 Å². The van der Waals surface area contributed by atoms with Gasteiger partial charge < -0.3 is 4.84 Å². The zero-order chi connectivity index (χ0) is 9.35. The molecule has 12 heavy (non-hydrogen) atoms. The zero-order valence-corrected chi connectivity index (χ0v) is 9.68. The van der Waals surface area contributed by atoms with E-state index in [0.29, 0.717) is 11.8 Å². The molecule has 0 fully saturated rings. The van der Waals surface area contributed by atoms with Gasteiger partial charge in [0.25, 0.3) is 0 Å². The SMILES string of the molecule is CC(C)C1(C(C)C)CC(Br)=NO1. The highest BCUT2D eigenvalue weighted by Gasteiger charge is 2.44. The van der Waals surface area contributed by atoms with Gasteiger partial charge in [0, 0.05) is 6.42 Å². The number of hydrogen-bond acceptors (Lipinski definition) is 2. The highest BCUT2D eigenvalue weighted by molar-refractivity contribution is 9.18. The van der Waals surface area contributed by atoms with Crippen molar-refractivity contribution < 1.29 is 4.84 Å². The lowest BCUT2D eigenvalue weighted by atomic mass is 9.78. The Kier molecular flexibility index (Phi) is 2.81. The number of oxime groups is 1. The Balaban J connectivity index is 2.79. The zero-order valence-electron chi connectivity index (χ0n) is 8.10. The summed E-state index contributed by atoms with van der Waals surface area (Å²) in [5, 5.41) is 3.97. The first-order valence-corrected chi connectivity index (χ1v) is 5.19. The Morgan fingerprint density at radius 1 is 1.33 bits per heavy atom. The van der Waals surface area contributed by atoms with Crippen molar-refractivity contribution in [2.75, 3.05) is 0 Å². The Hall–Kier alpha value is -0.0500. The topological polar surface area (TPSA) is 21.6 Å². The van der Waals surface area contributed by atoms with E-state index in [1.165, 1.54) is 0 Å². The van der Waals surface area contributed by atoms with Crippen LogP contribution in [-0.2, 0) is 4.84 Å². The van der Waals surface area contributed by atoms with E-state index in [-0.39, 0.29) is 5.60 Å². The third-order valence-electron chi connectivity index (χ3n) is 2.69. The number of halogens is 1. The van der Waals surface area contributed by atoms with Crippen molar-refractivity contribution in [2.24, 2.45) is 17.0 Å². The van der Waals surface area contributed by atoms with Crippen LogP contribution in [0.2, 0.25) is 0 Å². The lowest BCUT2D eigenvalue weighted by Gasteiger charge is -2.34. The fraction of sp³-hybridized carbons (Fsp3) is 0.889. The van der Waals surface area contributed by atoms with Gasteiger partial charge in [-0.25, -0.2) is 0 Å². The first-order valence-electron chi connectivity index (χ1n) is 4.39. The molecule has 1 aliphatic rings. The third-order valence-corrected chi connectivity index (χ3v) is 3.12. The summed E-state index contributed by atoms with van der Waals surface area (Å²) >= 11 is 3.38. The van der Waals surface area contributed by atoms with Gasteiger partial charge in [-0.15, -0.1) is 0 Å². The monoisotopic (exact) mass is 233 g/mol. The van der Waals surface area contributed by atoms with Crippen LogP contribution in [-0.4, -0.2) is 10.2 Å². The normalized spacial score (nSPS) is 21.4. The molecule has 0 aromatic heterocycles. The van der Waals surface area contributed by atoms with Crippen LogP contribution in [0.1, 0.15) is 34.1 Å². The Bertz CT molecular complexity index is 191. The fourth-order valence-corrected chi connectivity index (χ4v) is 2.22. The van der Waals surface area contributed by atoms with E-state index in [4.69, 9.17) is 4.84 Å². The van der Waals surface area contributed by atoms with Crippen LogP contribution in [0, 0.1) is 11.8 Å². The maximum atomic E-state index is 5.52. The molecule has 1 heterocycles. The molecule has 2 nitrogen and oxygen atoms in total. The summed E-state index contributed by atoms with van der Waals surface area (Å²) in [6.07, 6.45) is 0.905. The molecule has 0 radical (unpaired) electrons. The van der Waals surface area contributed by atoms with Gasteiger partial charge in [-0.3, -0.25) is 0 Å². The molecule has 0 saturated heterocycles. The maximum absolute atomic E-state index is 5.52. The van der Waals surface area contributed by atoms with Gasteiger partial charge in [-0.05, 0) is 27.8 Å². The van der Waals surface area contributed by atoms with Crippen LogP contribution < -0.4 is 0 Å². The maximum Gasteiger partial charge on any atom is 0.148 e. The van der Waals surface area contributed by atoms with Crippen LogP contribution in [0.15, 0.2) is 5.16 Å². The second-order valence-corrected chi connectivity index (χ2v) is 4.92. The number of nitrogens with zero attached hydrogens (tertiary/aromatic N) is 1. The van der Waals surface area contributed by atoms with Gasteiger partial charge in [-0.2, -0.15) is 0 Å². The highest BCUT2D eigenvalue weighted by atomic mass is 79.9. The molecule has 0 saturated carbocycles. The van der Waals surface area contributed by atoms with E-state index in [1.807, 2.05) is 0 Å². The third kappa shape index (κ3) is 1.51. The molecule has 0 unspecified atom stereocenters. The van der Waals surface area contributed by atoms with Gasteiger partial charge in [0.05, 0.1) is 0 Å². The molecular formula is C9H16BrNO. The van der Waals surface area contributed by atoms with Crippen molar-refractivity contribution in [3.8, 4) is 0 Å². The van der Waals surface area contributed by atoms with Gasteiger partial charge >= 0.3 is 0 Å². The smallest absolute Gasteiger partial charge is 0.148 e. The quantitative estimate of drug-likeness (QED) is 0.719. The molecular weight excluding hydrogens is 218 g/mol. The Labute approximate surface area is 82.5 Å². The lowest BCUT2D eigenvalue weighted by molar-refractivity contribution is -0.0869. The molecule has 3 heteroatoms. The van der Waals surface area contributed by atoms with Gasteiger partial charge in [0.15, 0.2) is 0 Å². The summed E-state index contributed by atoms with van der Waals surface area (Å²) in [6, 6.07) is 0. The molecule has 1 rings (SSSR count). The fourth-order valence-electron chi connectivity index (χ4n) is 1.71. The minimum Gasteiger partial charge on any atom is -0.388 e. The molecule has 70 valence electrons. The van der Waals surface area contributed by atoms with Crippen LogP contribution in [0.3, 0.4) is 0 Å². The van der Waals surface area contributed by atoms with E-state index in [1.54, 1.807) is 0 Å². The number of rotatable bonds is 2. The number of hydrogen-bond donors (Lipinski definition) is 0. The predicted molar refractivity (Wildman–Crippen MR) is 54.5 cm³/mol. The molecule has 1 aliphatic heterocycles. The van der Waals surface area contributed by atoms with Crippen molar-refractivity contribution in [1.29, 1.82) is 0 Å². The van der Waals surface area contributed by atoms with Crippen molar-refractivity contribution >= 4 is 20.6 Å². The average molecular weight is 234 g/mol. The molecule has 0 N–H and O–H groups in total. The summed E-state index contributed by atoms with van der Waals surface area (Å²) in [6.45, 7) is 8.73. The first kappa shape index (κ1) is 10.0. The Morgan fingerprint density at radius 2 is 1.83 bits per heavy atom. The molecule has 0 bridgehead atoms. The summed E-state index contributed by atoms with van der Waals surface area (Å²) in [5.41, 5.74) is -0.0845. The summed E-state index contributed by atoms with van der Waals surface area (Å²) in [5.74, 6) is 0.993. The highest BCUT2D eigenvalue weighted by Crippen LogP contribution is 2.39. The largest absolute Gasteiger partial charge is 0.388 e. The van der Waals surface area contributed by atoms with Gasteiger partial charge in [-0.1, -0.05) is 32.9 Å². The van der Waals surface area contributed by atoms with Crippen molar-refractivity contribution in [2.45, 2.75) is 39.7 Å². The molecule has 0 amide bonds. The second-order valence-electron chi connectivity index (χ2n) is 4.00. The molecule has 0 atom stereocenters. The second kappa shape index (κ2) is 3.36. The van der Waals surface area contributed by atoms with E-state index < -0.39 is 0 Å². The first-order chi connectivity index (χ1) is 5.49. The molecule has 0 aromatic carbocycles. The summed E-state index contributed by atoms with van der Waals surface area (Å²) in [7, 11) is 0. The van der Waals surface area contributed by atoms with E-state index in [2.05, 4.69) is 48.8 Å². The lowest BCUT2D eigenvalue weighted by Crippen LogP contribution is -2.40. The molecule has 0 aliphatic carbocycles. The minimum atomic E-state index is -0.0845. The van der Waals surface area contributed by atoms with Crippen LogP contribution in [0.25, 0.3) is 0 Å². The average Bonchev–Trinajstić information content (AvgIpc) is 2.32. The van der Waals surface area contributed by atoms with Crippen molar-refractivity contribution in [3.05, 3.63) is 0 Å². The van der Waals surface area contributed by atoms with Crippen LogP contribution >= 0.6 is 15.9 Å². The van der Waals surface area contributed by atoms with Gasteiger partial charge in [0.2, 0.25) is 0 Å².